The fourth-order valence-electron chi connectivity index (χ4n) is 3.20. The van der Waals surface area contributed by atoms with Gasteiger partial charge in [0.05, 0.1) is 22.5 Å². The van der Waals surface area contributed by atoms with Crippen molar-refractivity contribution in [2.24, 2.45) is 10.1 Å². The van der Waals surface area contributed by atoms with Crippen molar-refractivity contribution < 1.29 is 14.4 Å². The number of non-ortho nitro benzene ring substituents is 1. The Morgan fingerprint density at radius 2 is 1.84 bits per heavy atom. The predicted octanol–water partition coefficient (Wildman–Crippen LogP) is 4.97. The van der Waals surface area contributed by atoms with Gasteiger partial charge in [0.1, 0.15) is 0 Å². The molecule has 0 amide bonds. The lowest BCUT2D eigenvalue weighted by atomic mass is 10.1. The topological polar surface area (TPSA) is 91.2 Å². The molecule has 2 heterocycles. The summed E-state index contributed by atoms with van der Waals surface area (Å²) in [5, 5.41) is 17.8. The molecule has 0 saturated carbocycles. The van der Waals surface area contributed by atoms with Crippen LogP contribution in [0, 0.1) is 10.1 Å². The number of aromatic nitrogens is 1. The summed E-state index contributed by atoms with van der Waals surface area (Å²) in [4.78, 5) is 16.2. The highest BCUT2D eigenvalue weighted by molar-refractivity contribution is 7.07. The van der Waals surface area contributed by atoms with Crippen LogP contribution in [0.5, 0.6) is 11.5 Å². The third-order valence-corrected chi connectivity index (χ3v) is 5.55. The number of para-hydroxylation sites is 1. The molecule has 3 aromatic carbocycles. The number of hydrogen-bond donors (Lipinski definition) is 0. The van der Waals surface area contributed by atoms with Gasteiger partial charge >= 0.3 is 0 Å². The molecule has 0 unspecified atom stereocenters. The van der Waals surface area contributed by atoms with E-state index in [1.54, 1.807) is 17.0 Å². The zero-order valence-electron chi connectivity index (χ0n) is 16.6. The molecule has 1 aromatic heterocycles. The van der Waals surface area contributed by atoms with Crippen LogP contribution in [-0.2, 0) is 0 Å². The maximum absolute atomic E-state index is 11.3. The average molecular weight is 444 g/mol. The van der Waals surface area contributed by atoms with Crippen LogP contribution in [0.1, 0.15) is 5.56 Å². The van der Waals surface area contributed by atoms with E-state index < -0.39 is 4.92 Å². The molecule has 1 aliphatic heterocycles. The summed E-state index contributed by atoms with van der Waals surface area (Å²) in [6.45, 7) is 0.201. The lowest BCUT2D eigenvalue weighted by Crippen LogP contribution is -2.11. The monoisotopic (exact) mass is 444 g/mol. The van der Waals surface area contributed by atoms with Crippen molar-refractivity contribution in [1.82, 2.24) is 4.68 Å². The molecular weight excluding hydrogens is 428 g/mol. The lowest BCUT2D eigenvalue weighted by Gasteiger charge is -2.04. The molecule has 0 fully saturated rings. The van der Waals surface area contributed by atoms with Crippen LogP contribution >= 0.6 is 11.3 Å². The van der Waals surface area contributed by atoms with Gasteiger partial charge in [-0.05, 0) is 35.9 Å². The summed E-state index contributed by atoms with van der Waals surface area (Å²) in [6, 6.07) is 21.6. The van der Waals surface area contributed by atoms with Crippen molar-refractivity contribution in [1.29, 1.82) is 0 Å². The minimum atomic E-state index is -0.411. The molecule has 5 rings (SSSR count). The third-order valence-electron chi connectivity index (χ3n) is 4.74. The van der Waals surface area contributed by atoms with E-state index in [9.17, 15) is 10.1 Å². The van der Waals surface area contributed by atoms with Crippen LogP contribution in [0.2, 0.25) is 0 Å². The molecule has 9 heteroatoms. The lowest BCUT2D eigenvalue weighted by molar-refractivity contribution is -0.384. The van der Waals surface area contributed by atoms with Crippen LogP contribution in [0.3, 0.4) is 0 Å². The second-order valence-electron chi connectivity index (χ2n) is 6.83. The van der Waals surface area contributed by atoms with E-state index in [2.05, 4.69) is 5.10 Å². The Labute approximate surface area is 186 Å². The SMILES string of the molecule is O=[N+]([O-])c1cccc(-c2csc(=Nc3ccccc3)n2N=Cc2ccc3c(c2)OCO3)c1. The highest BCUT2D eigenvalue weighted by Gasteiger charge is 2.14. The predicted molar refractivity (Wildman–Crippen MR) is 122 cm³/mol. The Morgan fingerprint density at radius 1 is 1.00 bits per heavy atom. The van der Waals surface area contributed by atoms with Crippen molar-refractivity contribution in [2.45, 2.75) is 0 Å². The summed E-state index contributed by atoms with van der Waals surface area (Å²) < 4.78 is 12.5. The first-order chi connectivity index (χ1) is 15.7. The molecular formula is C23H16N4O4S. The molecule has 0 aliphatic carbocycles. The molecule has 32 heavy (non-hydrogen) atoms. The largest absolute Gasteiger partial charge is 0.454 e. The summed E-state index contributed by atoms with van der Waals surface area (Å²) in [7, 11) is 0. The summed E-state index contributed by atoms with van der Waals surface area (Å²) >= 11 is 1.40. The minimum Gasteiger partial charge on any atom is -0.454 e. The fraction of sp³-hybridized carbons (Fsp3) is 0.0435. The van der Waals surface area contributed by atoms with Gasteiger partial charge in [0.25, 0.3) is 5.69 Å². The van der Waals surface area contributed by atoms with Gasteiger partial charge in [0, 0.05) is 23.1 Å². The first-order valence-corrected chi connectivity index (χ1v) is 10.5. The second-order valence-corrected chi connectivity index (χ2v) is 7.66. The standard InChI is InChI=1S/C23H16N4O4S/c28-27(29)19-8-4-5-17(12-19)20-14-32-23(25-18-6-2-1-3-7-18)26(20)24-13-16-9-10-21-22(11-16)31-15-30-21/h1-14H,15H2. The highest BCUT2D eigenvalue weighted by atomic mass is 32.1. The first-order valence-electron chi connectivity index (χ1n) is 9.66. The Morgan fingerprint density at radius 3 is 2.69 bits per heavy atom. The zero-order chi connectivity index (χ0) is 21.9. The quantitative estimate of drug-likeness (QED) is 0.247. The Balaban J connectivity index is 1.61. The van der Waals surface area contributed by atoms with Gasteiger partial charge in [-0.25, -0.2) is 9.67 Å². The van der Waals surface area contributed by atoms with Crippen molar-refractivity contribution in [3.63, 3.8) is 0 Å². The zero-order valence-corrected chi connectivity index (χ0v) is 17.4. The van der Waals surface area contributed by atoms with E-state index in [0.29, 0.717) is 27.6 Å². The number of fused-ring (bicyclic) bond motifs is 1. The Hall–Kier alpha value is -4.24. The molecule has 158 valence electrons. The molecule has 4 aromatic rings. The van der Waals surface area contributed by atoms with E-state index in [1.165, 1.54) is 23.5 Å². The normalized spacial score (nSPS) is 13.1. The molecule has 0 atom stereocenters. The maximum atomic E-state index is 11.3. The molecule has 0 spiro atoms. The third kappa shape index (κ3) is 4.01. The fourth-order valence-corrected chi connectivity index (χ4v) is 4.05. The van der Waals surface area contributed by atoms with Crippen molar-refractivity contribution in [2.75, 3.05) is 6.79 Å². The number of thiazole rings is 1. The number of rotatable bonds is 5. The number of nitrogens with zero attached hydrogens (tertiary/aromatic N) is 4. The maximum Gasteiger partial charge on any atom is 0.270 e. The molecule has 0 bridgehead atoms. The molecule has 0 N–H and O–H groups in total. The summed E-state index contributed by atoms with van der Waals surface area (Å²) in [6.07, 6.45) is 1.69. The van der Waals surface area contributed by atoms with Gasteiger partial charge in [0.15, 0.2) is 11.5 Å². The minimum absolute atomic E-state index is 0.0153. The van der Waals surface area contributed by atoms with Crippen LogP contribution < -0.4 is 14.3 Å². The molecule has 1 aliphatic rings. The van der Waals surface area contributed by atoms with Gasteiger partial charge in [-0.3, -0.25) is 10.1 Å². The highest BCUT2D eigenvalue weighted by Crippen LogP contribution is 2.32. The Bertz CT molecular complexity index is 1390. The van der Waals surface area contributed by atoms with Gasteiger partial charge in [-0.1, -0.05) is 30.3 Å². The summed E-state index contributed by atoms with van der Waals surface area (Å²) in [5.74, 6) is 1.36. The van der Waals surface area contributed by atoms with E-state index in [-0.39, 0.29) is 12.5 Å². The number of ether oxygens (including phenoxy) is 2. The molecule has 8 nitrogen and oxygen atoms in total. The van der Waals surface area contributed by atoms with Gasteiger partial charge in [0.2, 0.25) is 11.6 Å². The van der Waals surface area contributed by atoms with Crippen molar-refractivity contribution in [3.05, 3.63) is 98.7 Å². The van der Waals surface area contributed by atoms with Crippen molar-refractivity contribution in [3.8, 4) is 22.8 Å². The Kier molecular flexibility index (Phi) is 5.22. The van der Waals surface area contributed by atoms with Crippen molar-refractivity contribution >= 4 is 28.9 Å². The smallest absolute Gasteiger partial charge is 0.270 e. The van der Waals surface area contributed by atoms with Crippen LogP contribution in [-0.4, -0.2) is 22.6 Å². The van der Waals surface area contributed by atoms with E-state index in [4.69, 9.17) is 14.5 Å². The van der Waals surface area contributed by atoms with Gasteiger partial charge in [-0.2, -0.15) is 5.10 Å². The number of hydrogen-bond acceptors (Lipinski definition) is 7. The van der Waals surface area contributed by atoms with E-state index in [1.807, 2.05) is 60.0 Å². The molecule has 0 saturated heterocycles. The second kappa shape index (κ2) is 8.48. The average Bonchev–Trinajstić information content (AvgIpc) is 3.45. The summed E-state index contributed by atoms with van der Waals surface area (Å²) in [5.41, 5.74) is 3.00. The first kappa shape index (κ1) is 19.7. The number of nitro groups is 1. The van der Waals surface area contributed by atoms with E-state index in [0.717, 1.165) is 11.3 Å². The van der Waals surface area contributed by atoms with Gasteiger partial charge < -0.3 is 9.47 Å². The number of nitro benzene ring substituents is 1. The van der Waals surface area contributed by atoms with Crippen LogP contribution in [0.15, 0.2) is 88.3 Å². The van der Waals surface area contributed by atoms with Crippen LogP contribution in [0.25, 0.3) is 11.3 Å². The number of benzene rings is 3. The van der Waals surface area contributed by atoms with Crippen LogP contribution in [0.4, 0.5) is 11.4 Å². The molecule has 0 radical (unpaired) electrons. The van der Waals surface area contributed by atoms with E-state index >= 15 is 0 Å². The van der Waals surface area contributed by atoms with Gasteiger partial charge in [-0.15, -0.1) is 11.3 Å².